The van der Waals surface area contributed by atoms with Gasteiger partial charge in [-0.05, 0) is 12.5 Å². The maximum atomic E-state index is 5.26. The van der Waals surface area contributed by atoms with Crippen molar-refractivity contribution in [2.75, 3.05) is 26.3 Å². The number of morpholine rings is 1. The van der Waals surface area contributed by atoms with Crippen LogP contribution in [0.3, 0.4) is 0 Å². The number of hydrogen-bond acceptors (Lipinski definition) is 2. The van der Waals surface area contributed by atoms with Crippen LogP contribution in [0, 0.1) is 0 Å². The van der Waals surface area contributed by atoms with Gasteiger partial charge < -0.3 is 9.64 Å². The Balaban J connectivity index is 0.000000921. The van der Waals surface area contributed by atoms with Gasteiger partial charge in [0.25, 0.3) is 0 Å². The molecule has 3 heteroatoms. The van der Waals surface area contributed by atoms with Crippen molar-refractivity contribution in [3.05, 3.63) is 24.9 Å². The van der Waals surface area contributed by atoms with Crippen LogP contribution in [0.4, 0.5) is 0 Å². The third-order valence-electron chi connectivity index (χ3n) is 1.91. The van der Waals surface area contributed by atoms with Gasteiger partial charge >= 0.3 is 0 Å². The van der Waals surface area contributed by atoms with Gasteiger partial charge in [-0.15, -0.1) is 0 Å². The Labute approximate surface area is 93.1 Å². The first-order valence-corrected chi connectivity index (χ1v) is 5.43. The number of amidine groups is 1. The molecule has 86 valence electrons. The van der Waals surface area contributed by atoms with E-state index in [9.17, 15) is 0 Å². The highest BCUT2D eigenvalue weighted by Crippen LogP contribution is 2.05. The van der Waals surface area contributed by atoms with E-state index in [1.807, 2.05) is 20.8 Å². The zero-order chi connectivity index (χ0) is 11.7. The van der Waals surface area contributed by atoms with Crippen LogP contribution in [-0.2, 0) is 4.74 Å². The van der Waals surface area contributed by atoms with Crippen LogP contribution < -0.4 is 0 Å². The highest BCUT2D eigenvalue weighted by molar-refractivity contribution is 5.97. The summed E-state index contributed by atoms with van der Waals surface area (Å²) in [5.74, 6) is 0.929. The molecular weight excluding hydrogens is 188 g/mol. The van der Waals surface area contributed by atoms with Crippen molar-refractivity contribution in [1.82, 2.24) is 4.90 Å². The van der Waals surface area contributed by atoms with E-state index in [0.29, 0.717) is 0 Å². The molecule has 0 radical (unpaired) electrons. The molecule has 0 N–H and O–H groups in total. The molecule has 0 unspecified atom stereocenters. The molecular formula is C12H22N2O. The molecule has 0 aromatic rings. The Kier molecular flexibility index (Phi) is 7.64. The Bertz CT molecular complexity index is 228. The fraction of sp³-hybridized carbons (Fsp3) is 0.583. The summed E-state index contributed by atoms with van der Waals surface area (Å²) in [6, 6.07) is 0. The molecule has 0 spiro atoms. The molecule has 0 aromatic carbocycles. The molecule has 0 aromatic heterocycles. The van der Waals surface area contributed by atoms with Gasteiger partial charge in [0.05, 0.1) is 13.2 Å². The van der Waals surface area contributed by atoms with Crippen LogP contribution in [0.25, 0.3) is 0 Å². The van der Waals surface area contributed by atoms with Crippen LogP contribution >= 0.6 is 0 Å². The van der Waals surface area contributed by atoms with Crippen LogP contribution in [0.2, 0.25) is 0 Å². The van der Waals surface area contributed by atoms with Crippen molar-refractivity contribution in [3.63, 3.8) is 0 Å². The SMILES string of the molecule is C=CN=C(C(=C)C)N1CCOCC1.CC. The number of hydrogen-bond donors (Lipinski definition) is 0. The normalized spacial score (nSPS) is 16.5. The van der Waals surface area contributed by atoms with Gasteiger partial charge in [-0.3, -0.25) is 0 Å². The Morgan fingerprint density at radius 3 is 2.27 bits per heavy atom. The molecule has 1 aliphatic rings. The maximum absolute atomic E-state index is 5.26. The van der Waals surface area contributed by atoms with E-state index in [4.69, 9.17) is 4.74 Å². The minimum atomic E-state index is 0.767. The summed E-state index contributed by atoms with van der Waals surface area (Å²) in [6.45, 7) is 16.7. The maximum Gasteiger partial charge on any atom is 0.130 e. The van der Waals surface area contributed by atoms with E-state index in [2.05, 4.69) is 23.1 Å². The summed E-state index contributed by atoms with van der Waals surface area (Å²) < 4.78 is 5.26. The van der Waals surface area contributed by atoms with Crippen molar-refractivity contribution >= 4 is 5.84 Å². The number of nitrogens with zero attached hydrogens (tertiary/aromatic N) is 2. The van der Waals surface area contributed by atoms with E-state index in [1.165, 1.54) is 0 Å². The zero-order valence-electron chi connectivity index (χ0n) is 10.1. The molecule has 0 amide bonds. The van der Waals surface area contributed by atoms with Gasteiger partial charge in [0.1, 0.15) is 5.84 Å². The van der Waals surface area contributed by atoms with Crippen molar-refractivity contribution in [1.29, 1.82) is 0 Å². The largest absolute Gasteiger partial charge is 0.378 e. The fourth-order valence-corrected chi connectivity index (χ4v) is 1.32. The molecule has 0 bridgehead atoms. The lowest BCUT2D eigenvalue weighted by molar-refractivity contribution is 0.0682. The van der Waals surface area contributed by atoms with Gasteiger partial charge in [0.15, 0.2) is 0 Å². The van der Waals surface area contributed by atoms with Gasteiger partial charge in [-0.25, -0.2) is 4.99 Å². The Hall–Kier alpha value is -1.09. The average molecular weight is 210 g/mol. The molecule has 1 heterocycles. The Morgan fingerprint density at radius 2 is 1.87 bits per heavy atom. The second-order valence-corrected chi connectivity index (χ2v) is 3.02. The summed E-state index contributed by atoms with van der Waals surface area (Å²) in [5, 5.41) is 0. The molecule has 1 fully saturated rings. The highest BCUT2D eigenvalue weighted by Gasteiger charge is 2.14. The average Bonchev–Trinajstić information content (AvgIpc) is 2.29. The van der Waals surface area contributed by atoms with Gasteiger partial charge in [-0.1, -0.05) is 27.0 Å². The number of aliphatic imine (C=N–C) groups is 1. The first kappa shape index (κ1) is 13.9. The lowest BCUT2D eigenvalue weighted by Gasteiger charge is -2.29. The topological polar surface area (TPSA) is 24.8 Å². The van der Waals surface area contributed by atoms with E-state index < -0.39 is 0 Å². The van der Waals surface area contributed by atoms with E-state index in [1.54, 1.807) is 6.20 Å². The molecule has 0 atom stereocenters. The van der Waals surface area contributed by atoms with Crippen LogP contribution in [0.5, 0.6) is 0 Å². The number of rotatable bonds is 2. The second-order valence-electron chi connectivity index (χ2n) is 3.02. The summed E-state index contributed by atoms with van der Waals surface area (Å²) in [4.78, 5) is 6.37. The van der Waals surface area contributed by atoms with Crippen molar-refractivity contribution in [2.24, 2.45) is 4.99 Å². The monoisotopic (exact) mass is 210 g/mol. The van der Waals surface area contributed by atoms with Crippen molar-refractivity contribution < 1.29 is 4.74 Å². The third-order valence-corrected chi connectivity index (χ3v) is 1.91. The van der Waals surface area contributed by atoms with E-state index in [-0.39, 0.29) is 0 Å². The van der Waals surface area contributed by atoms with Crippen molar-refractivity contribution in [2.45, 2.75) is 20.8 Å². The van der Waals surface area contributed by atoms with Gasteiger partial charge in [-0.2, -0.15) is 0 Å². The van der Waals surface area contributed by atoms with Crippen LogP contribution in [0.1, 0.15) is 20.8 Å². The summed E-state index contributed by atoms with van der Waals surface area (Å²) >= 11 is 0. The first-order valence-electron chi connectivity index (χ1n) is 5.43. The first-order chi connectivity index (χ1) is 7.25. The second kappa shape index (κ2) is 8.24. The molecule has 1 saturated heterocycles. The van der Waals surface area contributed by atoms with Gasteiger partial charge in [0, 0.05) is 19.3 Å². The molecule has 1 rings (SSSR count). The predicted molar refractivity (Wildman–Crippen MR) is 66.2 cm³/mol. The number of ether oxygens (including phenoxy) is 1. The molecule has 0 saturated carbocycles. The van der Waals surface area contributed by atoms with Crippen LogP contribution in [0.15, 0.2) is 29.9 Å². The summed E-state index contributed by atoms with van der Waals surface area (Å²) in [7, 11) is 0. The lowest BCUT2D eigenvalue weighted by Crippen LogP contribution is -2.41. The van der Waals surface area contributed by atoms with E-state index >= 15 is 0 Å². The van der Waals surface area contributed by atoms with Crippen LogP contribution in [-0.4, -0.2) is 37.0 Å². The smallest absolute Gasteiger partial charge is 0.130 e. The standard InChI is InChI=1S/C10H16N2O.C2H6/c1-4-11-10(9(2)3)12-5-7-13-8-6-12;1-2/h4H,1-2,5-8H2,3H3;1-2H3. The fourth-order valence-electron chi connectivity index (χ4n) is 1.32. The molecule has 1 aliphatic heterocycles. The Morgan fingerprint density at radius 1 is 1.33 bits per heavy atom. The molecule has 15 heavy (non-hydrogen) atoms. The zero-order valence-corrected chi connectivity index (χ0v) is 10.1. The summed E-state index contributed by atoms with van der Waals surface area (Å²) in [5.41, 5.74) is 0.974. The quantitative estimate of drug-likeness (QED) is 0.516. The minimum Gasteiger partial charge on any atom is -0.378 e. The molecule has 0 aliphatic carbocycles. The highest BCUT2D eigenvalue weighted by atomic mass is 16.5. The third kappa shape index (κ3) is 4.79. The van der Waals surface area contributed by atoms with E-state index in [0.717, 1.165) is 37.7 Å². The predicted octanol–water partition coefficient (Wildman–Crippen LogP) is 2.46. The van der Waals surface area contributed by atoms with Crippen molar-refractivity contribution in [3.8, 4) is 0 Å². The van der Waals surface area contributed by atoms with Gasteiger partial charge in [0.2, 0.25) is 0 Å². The summed E-state index contributed by atoms with van der Waals surface area (Å²) in [6.07, 6.45) is 1.56. The molecule has 3 nitrogen and oxygen atoms in total. The lowest BCUT2D eigenvalue weighted by atomic mass is 10.2. The minimum absolute atomic E-state index is 0.767.